The Balaban J connectivity index is 1.96. The van der Waals surface area contributed by atoms with Crippen LogP contribution in [0.3, 0.4) is 0 Å². The molecule has 0 bridgehead atoms. The number of anilines is 1. The van der Waals surface area contributed by atoms with Crippen molar-refractivity contribution in [1.29, 1.82) is 0 Å². The van der Waals surface area contributed by atoms with E-state index in [9.17, 15) is 9.59 Å². The van der Waals surface area contributed by atoms with E-state index in [1.165, 1.54) is 25.5 Å². The van der Waals surface area contributed by atoms with E-state index >= 15 is 0 Å². The molecule has 0 saturated heterocycles. The van der Waals surface area contributed by atoms with E-state index in [1.54, 1.807) is 12.1 Å². The average molecular weight is 357 g/mol. The Labute approximate surface area is 126 Å². The number of rotatable bonds is 4. The van der Waals surface area contributed by atoms with Crippen molar-refractivity contribution in [3.05, 3.63) is 39.7 Å². The van der Waals surface area contributed by atoms with Crippen molar-refractivity contribution in [1.82, 2.24) is 4.98 Å². The van der Waals surface area contributed by atoms with Crippen molar-refractivity contribution < 1.29 is 18.7 Å². The second kappa shape index (κ2) is 6.49. The number of ether oxygens (including phenoxy) is 1. The molecule has 0 fully saturated rings. The minimum atomic E-state index is -0.487. The van der Waals surface area contributed by atoms with Gasteiger partial charge >= 0.3 is 5.97 Å². The molecule has 8 heteroatoms. The Hall–Kier alpha value is -1.93. The van der Waals surface area contributed by atoms with Crippen LogP contribution in [0.4, 0.5) is 5.13 Å². The molecule has 0 aliphatic carbocycles. The fraction of sp³-hybridized carbons (Fsp3) is 0.0833. The molecule has 0 radical (unpaired) electrons. The predicted octanol–water partition coefficient (Wildman–Crippen LogP) is 2.94. The summed E-state index contributed by atoms with van der Waals surface area (Å²) >= 11 is 4.20. The second-order valence-corrected chi connectivity index (χ2v) is 5.30. The zero-order valence-corrected chi connectivity index (χ0v) is 12.7. The summed E-state index contributed by atoms with van der Waals surface area (Å²) < 4.78 is 10.3. The van der Waals surface area contributed by atoms with Gasteiger partial charge in [0.1, 0.15) is 10.6 Å². The third-order valence-corrected chi connectivity index (χ3v) is 3.43. The van der Waals surface area contributed by atoms with Crippen LogP contribution in [0.25, 0.3) is 6.08 Å². The number of furan rings is 1. The highest BCUT2D eigenvalue weighted by atomic mass is 79.9. The van der Waals surface area contributed by atoms with Crippen LogP contribution < -0.4 is 5.32 Å². The minimum absolute atomic E-state index is 0.320. The van der Waals surface area contributed by atoms with Gasteiger partial charge in [0.15, 0.2) is 9.80 Å². The normalized spacial score (nSPS) is 10.7. The highest BCUT2D eigenvalue weighted by molar-refractivity contribution is 9.10. The molecule has 2 heterocycles. The Morgan fingerprint density at radius 2 is 2.30 bits per heavy atom. The molecule has 20 heavy (non-hydrogen) atoms. The number of carbonyl (C=O) groups excluding carboxylic acids is 2. The maximum atomic E-state index is 11.6. The quantitative estimate of drug-likeness (QED) is 0.672. The van der Waals surface area contributed by atoms with Crippen molar-refractivity contribution in [3.63, 3.8) is 0 Å². The van der Waals surface area contributed by atoms with Gasteiger partial charge < -0.3 is 9.15 Å². The first-order chi connectivity index (χ1) is 9.58. The number of aromatic nitrogens is 1. The molecular formula is C12H9BrN2O4S. The van der Waals surface area contributed by atoms with Crippen LogP contribution >= 0.6 is 27.3 Å². The third-order valence-electron chi connectivity index (χ3n) is 2.12. The van der Waals surface area contributed by atoms with Crippen LogP contribution in [0.15, 0.2) is 33.5 Å². The van der Waals surface area contributed by atoms with Gasteiger partial charge in [-0.2, -0.15) is 0 Å². The smallest absolute Gasteiger partial charge is 0.349 e. The van der Waals surface area contributed by atoms with Crippen LogP contribution in [-0.4, -0.2) is 24.0 Å². The molecule has 0 saturated carbocycles. The Bertz CT molecular complexity index is 662. The van der Waals surface area contributed by atoms with Gasteiger partial charge in [0.2, 0.25) is 5.91 Å². The zero-order chi connectivity index (χ0) is 14.5. The molecule has 104 valence electrons. The molecule has 6 nitrogen and oxygen atoms in total. The lowest BCUT2D eigenvalue weighted by Gasteiger charge is -1.95. The van der Waals surface area contributed by atoms with Crippen molar-refractivity contribution >= 4 is 50.4 Å². The van der Waals surface area contributed by atoms with Gasteiger partial charge in [-0.3, -0.25) is 10.1 Å². The van der Waals surface area contributed by atoms with Gasteiger partial charge in [0.25, 0.3) is 0 Å². The van der Waals surface area contributed by atoms with Gasteiger partial charge in [-0.25, -0.2) is 9.78 Å². The lowest BCUT2D eigenvalue weighted by Crippen LogP contribution is -2.07. The second-order valence-electron chi connectivity index (χ2n) is 3.49. The monoisotopic (exact) mass is 356 g/mol. The molecule has 0 unspecified atom stereocenters. The summed E-state index contributed by atoms with van der Waals surface area (Å²) in [6.07, 6.45) is 4.18. The van der Waals surface area contributed by atoms with Crippen LogP contribution in [0, 0.1) is 0 Å². The van der Waals surface area contributed by atoms with Crippen LogP contribution in [0.2, 0.25) is 0 Å². The highest BCUT2D eigenvalue weighted by Crippen LogP contribution is 2.19. The van der Waals surface area contributed by atoms with Gasteiger partial charge in [0.05, 0.1) is 13.3 Å². The molecule has 2 rings (SSSR count). The number of nitrogens with zero attached hydrogens (tertiary/aromatic N) is 1. The summed E-state index contributed by atoms with van der Waals surface area (Å²) in [7, 11) is 1.28. The topological polar surface area (TPSA) is 81.4 Å². The van der Waals surface area contributed by atoms with Gasteiger partial charge in [-0.15, -0.1) is 0 Å². The largest absolute Gasteiger partial charge is 0.465 e. The first-order valence-corrected chi connectivity index (χ1v) is 6.98. The summed E-state index contributed by atoms with van der Waals surface area (Å²) in [5.41, 5.74) is 0. The standard InChI is InChI=1S/C12H9BrN2O4S/c1-18-11(17)8-6-14-12(20-8)15-10(16)5-3-7-2-4-9(13)19-7/h2-6H,1H3,(H,14,15,16)/b5-3+. The molecule has 0 aromatic carbocycles. The fourth-order valence-corrected chi connectivity index (χ4v) is 2.31. The molecule has 0 aliphatic heterocycles. The van der Waals surface area contributed by atoms with E-state index in [0.717, 1.165) is 11.3 Å². The number of carbonyl (C=O) groups is 2. The summed E-state index contributed by atoms with van der Waals surface area (Å²) in [5.74, 6) is -0.316. The molecule has 2 aromatic heterocycles. The Morgan fingerprint density at radius 3 is 2.95 bits per heavy atom. The van der Waals surface area contributed by atoms with Crippen molar-refractivity contribution in [2.75, 3.05) is 12.4 Å². The molecule has 0 spiro atoms. The SMILES string of the molecule is COC(=O)c1cnc(NC(=O)/C=C/c2ccc(Br)o2)s1. The number of halogens is 1. The van der Waals surface area contributed by atoms with E-state index in [-0.39, 0.29) is 5.91 Å². The number of esters is 1. The highest BCUT2D eigenvalue weighted by Gasteiger charge is 2.11. The molecule has 1 amide bonds. The maximum absolute atomic E-state index is 11.6. The van der Waals surface area contributed by atoms with Gasteiger partial charge in [0, 0.05) is 6.08 Å². The number of amides is 1. The van der Waals surface area contributed by atoms with E-state index in [0.29, 0.717) is 20.4 Å². The number of hydrogen-bond acceptors (Lipinski definition) is 6. The fourth-order valence-electron chi connectivity index (χ4n) is 1.25. The van der Waals surface area contributed by atoms with Gasteiger partial charge in [-0.05, 0) is 34.1 Å². The Kier molecular flexibility index (Phi) is 4.70. The predicted molar refractivity (Wildman–Crippen MR) is 77.5 cm³/mol. The van der Waals surface area contributed by atoms with Crippen LogP contribution in [0.5, 0.6) is 0 Å². The lowest BCUT2D eigenvalue weighted by atomic mass is 10.4. The first kappa shape index (κ1) is 14.5. The van der Waals surface area contributed by atoms with Crippen molar-refractivity contribution in [2.45, 2.75) is 0 Å². The zero-order valence-electron chi connectivity index (χ0n) is 10.3. The number of methoxy groups -OCH3 is 1. The molecule has 0 atom stereocenters. The van der Waals surface area contributed by atoms with Gasteiger partial charge in [-0.1, -0.05) is 11.3 Å². The molecule has 2 aromatic rings. The number of hydrogen-bond donors (Lipinski definition) is 1. The summed E-state index contributed by atoms with van der Waals surface area (Å²) in [6.45, 7) is 0. The Morgan fingerprint density at radius 1 is 1.50 bits per heavy atom. The van der Waals surface area contributed by atoms with Crippen LogP contribution in [0.1, 0.15) is 15.4 Å². The first-order valence-electron chi connectivity index (χ1n) is 5.37. The van der Waals surface area contributed by atoms with Crippen molar-refractivity contribution in [3.8, 4) is 0 Å². The van der Waals surface area contributed by atoms with E-state index in [1.807, 2.05) is 0 Å². The van der Waals surface area contributed by atoms with Crippen LogP contribution in [-0.2, 0) is 9.53 Å². The van der Waals surface area contributed by atoms with E-state index in [2.05, 4.69) is 31.0 Å². The summed E-state index contributed by atoms with van der Waals surface area (Å²) in [5, 5.41) is 2.86. The van der Waals surface area contributed by atoms with E-state index < -0.39 is 5.97 Å². The summed E-state index contributed by atoms with van der Waals surface area (Å²) in [6, 6.07) is 3.44. The molecule has 1 N–H and O–H groups in total. The van der Waals surface area contributed by atoms with Crippen molar-refractivity contribution in [2.24, 2.45) is 0 Å². The summed E-state index contributed by atoms with van der Waals surface area (Å²) in [4.78, 5) is 27.1. The number of thiazole rings is 1. The average Bonchev–Trinajstić information content (AvgIpc) is 3.05. The third kappa shape index (κ3) is 3.78. The van der Waals surface area contributed by atoms with E-state index in [4.69, 9.17) is 4.42 Å². The molecular weight excluding hydrogens is 348 g/mol. The maximum Gasteiger partial charge on any atom is 0.349 e. The number of nitrogens with one attached hydrogen (secondary N) is 1. The minimum Gasteiger partial charge on any atom is -0.465 e. The lowest BCUT2D eigenvalue weighted by molar-refractivity contribution is -0.111. The molecule has 0 aliphatic rings.